The first-order valence-electron chi connectivity index (χ1n) is 24.4. The topological polar surface area (TPSA) is 8.17 Å². The van der Waals surface area contributed by atoms with E-state index in [9.17, 15) is 0 Å². The van der Waals surface area contributed by atoms with Crippen molar-refractivity contribution in [1.29, 1.82) is 0 Å². The van der Waals surface area contributed by atoms with Gasteiger partial charge in [-0.15, -0.1) is 22.7 Å². The molecule has 0 radical (unpaired) electrons. The molecule has 0 spiro atoms. The van der Waals surface area contributed by atoms with Crippen molar-refractivity contribution in [2.75, 3.05) is 4.81 Å². The molecular weight excluding hydrogens is 848 g/mol. The second-order valence-electron chi connectivity index (χ2n) is 24.2. The lowest BCUT2D eigenvalue weighted by molar-refractivity contribution is 0.521. The van der Waals surface area contributed by atoms with E-state index in [2.05, 4.69) is 221 Å². The molecule has 0 N–H and O–H groups in total. The molecule has 0 saturated carbocycles. The SMILES string of the molecule is CC(C)(C)c1ccc(N2B3c4sc5ccc(C(C)(C)C)cc5c4-n4c5ccc(C(C)(C)C)cc5c5c6sc7ccccc7c6c(c3c54)-c3cc4c(cc32)C(C)(C)c2ccccc2C4(C)C)cc1. The number of anilines is 2. The van der Waals surface area contributed by atoms with Crippen LogP contribution in [-0.4, -0.2) is 11.4 Å². The number of hydrogen-bond donors (Lipinski definition) is 0. The predicted octanol–water partition coefficient (Wildman–Crippen LogP) is 16.5. The average molecular weight is 907 g/mol. The Morgan fingerprint density at radius 1 is 0.507 bits per heavy atom. The standard InChI is InChI=1S/C62H59BN2S2/c1-58(2,3)34-22-26-37(27-23-34)65-47-33-45-44(61(10,11)42-19-15-16-20-43(42)62(45,12)13)32-40(47)50-51-38-18-14-17-21-48(38)66-56(51)52-39-30-35(59(4,5)6)24-28-46(39)64-54-41-31-36(60(7,8)9)25-29-49(41)67-57(54)63(65)53(50)55(52)64/h14-33H,1-13H3. The van der Waals surface area contributed by atoms with E-state index in [0.717, 1.165) is 0 Å². The summed E-state index contributed by atoms with van der Waals surface area (Å²) in [5.41, 5.74) is 20.2. The van der Waals surface area contributed by atoms with E-state index >= 15 is 0 Å². The van der Waals surface area contributed by atoms with Gasteiger partial charge in [-0.05, 0) is 121 Å². The molecule has 0 saturated heterocycles. The maximum Gasteiger partial charge on any atom is 0.343 e. The van der Waals surface area contributed by atoms with Gasteiger partial charge in [0.2, 0.25) is 0 Å². The van der Waals surface area contributed by atoms with Crippen LogP contribution in [0.4, 0.5) is 11.4 Å². The molecular formula is C62H59BN2S2. The van der Waals surface area contributed by atoms with Crippen LogP contribution in [0.1, 0.15) is 129 Å². The highest BCUT2D eigenvalue weighted by molar-refractivity contribution is 7.32. The summed E-state index contributed by atoms with van der Waals surface area (Å²) in [6, 6.07) is 48.2. The Morgan fingerprint density at radius 2 is 1.07 bits per heavy atom. The molecule has 67 heavy (non-hydrogen) atoms. The van der Waals surface area contributed by atoms with Crippen molar-refractivity contribution in [3.8, 4) is 16.8 Å². The summed E-state index contributed by atoms with van der Waals surface area (Å²) >= 11 is 4.01. The third-order valence-corrected chi connectivity index (χ3v) is 18.7. The highest BCUT2D eigenvalue weighted by atomic mass is 32.1. The summed E-state index contributed by atoms with van der Waals surface area (Å²) in [6.45, 7) is 30.9. The Kier molecular flexibility index (Phi) is 8.14. The molecule has 3 aromatic heterocycles. The van der Waals surface area contributed by atoms with E-state index < -0.39 is 0 Å². The van der Waals surface area contributed by atoms with Crippen LogP contribution in [0.2, 0.25) is 0 Å². The van der Waals surface area contributed by atoms with Crippen molar-refractivity contribution < 1.29 is 0 Å². The van der Waals surface area contributed by atoms with Gasteiger partial charge in [-0.2, -0.15) is 0 Å². The molecule has 1 aliphatic carbocycles. The molecule has 13 rings (SSSR count). The smallest absolute Gasteiger partial charge is 0.343 e. The van der Waals surface area contributed by atoms with Crippen LogP contribution in [0.3, 0.4) is 0 Å². The molecule has 5 heterocycles. The van der Waals surface area contributed by atoms with E-state index in [4.69, 9.17) is 0 Å². The number of thiophene rings is 2. The summed E-state index contributed by atoms with van der Waals surface area (Å²) in [7, 11) is 0. The molecule has 2 aliphatic heterocycles. The quantitative estimate of drug-likeness (QED) is 0.149. The van der Waals surface area contributed by atoms with E-state index in [0.29, 0.717) is 0 Å². The minimum Gasteiger partial charge on any atom is -0.376 e. The van der Waals surface area contributed by atoms with E-state index in [1.165, 1.54) is 129 Å². The first-order valence-corrected chi connectivity index (χ1v) is 26.0. The van der Waals surface area contributed by atoms with Crippen LogP contribution in [0.5, 0.6) is 0 Å². The predicted molar refractivity (Wildman–Crippen MR) is 295 cm³/mol. The van der Waals surface area contributed by atoms with Crippen LogP contribution < -0.4 is 15.1 Å². The van der Waals surface area contributed by atoms with Crippen molar-refractivity contribution in [2.45, 2.75) is 117 Å². The van der Waals surface area contributed by atoms with Crippen molar-refractivity contribution in [1.82, 2.24) is 4.57 Å². The first-order chi connectivity index (χ1) is 31.7. The van der Waals surface area contributed by atoms with Crippen LogP contribution >= 0.6 is 22.7 Å². The zero-order valence-electron chi connectivity index (χ0n) is 41.3. The van der Waals surface area contributed by atoms with Crippen LogP contribution in [-0.2, 0) is 27.1 Å². The van der Waals surface area contributed by atoms with E-state index in [-0.39, 0.29) is 33.9 Å². The summed E-state index contributed by atoms with van der Waals surface area (Å²) in [4.78, 5) is 2.79. The third-order valence-electron chi connectivity index (χ3n) is 16.3. The van der Waals surface area contributed by atoms with E-state index in [1.807, 2.05) is 22.7 Å². The molecule has 0 bridgehead atoms. The molecule has 7 aromatic carbocycles. The molecule has 0 amide bonds. The van der Waals surface area contributed by atoms with Crippen molar-refractivity contribution >= 4 is 103 Å². The highest BCUT2D eigenvalue weighted by Crippen LogP contribution is 2.58. The van der Waals surface area contributed by atoms with Crippen LogP contribution in [0, 0.1) is 0 Å². The van der Waals surface area contributed by atoms with Gasteiger partial charge in [0.25, 0.3) is 0 Å². The normalized spacial score (nSPS) is 16.0. The molecule has 5 heteroatoms. The summed E-state index contributed by atoms with van der Waals surface area (Å²) in [6.07, 6.45) is 0. The van der Waals surface area contributed by atoms with Crippen molar-refractivity contribution in [3.63, 3.8) is 0 Å². The monoisotopic (exact) mass is 906 g/mol. The second-order valence-corrected chi connectivity index (χ2v) is 26.3. The number of hydrogen-bond acceptors (Lipinski definition) is 3. The van der Waals surface area contributed by atoms with E-state index in [1.54, 1.807) is 0 Å². The molecule has 10 aromatic rings. The number of nitrogens with zero attached hydrogens (tertiary/aromatic N) is 2. The Balaban J connectivity index is 1.28. The fourth-order valence-corrected chi connectivity index (χ4v) is 15.1. The van der Waals surface area contributed by atoms with Gasteiger partial charge in [-0.1, -0.05) is 157 Å². The van der Waals surface area contributed by atoms with Gasteiger partial charge in [0.1, 0.15) is 0 Å². The van der Waals surface area contributed by atoms with Gasteiger partial charge in [-0.3, -0.25) is 0 Å². The molecule has 0 unspecified atom stereocenters. The number of benzene rings is 7. The van der Waals surface area contributed by atoms with Gasteiger partial charge >= 0.3 is 6.85 Å². The van der Waals surface area contributed by atoms with Crippen LogP contribution in [0.15, 0.2) is 121 Å². The summed E-state index contributed by atoms with van der Waals surface area (Å²) in [5, 5.41) is 6.88. The highest BCUT2D eigenvalue weighted by Gasteiger charge is 2.50. The Hall–Kier alpha value is -5.62. The zero-order chi connectivity index (χ0) is 46.6. The Labute approximate surface area is 404 Å². The van der Waals surface area contributed by atoms with Gasteiger partial charge in [0.15, 0.2) is 0 Å². The van der Waals surface area contributed by atoms with Crippen LogP contribution in [0.25, 0.3) is 68.9 Å². The first kappa shape index (κ1) is 41.6. The summed E-state index contributed by atoms with van der Waals surface area (Å²) < 4.78 is 8.25. The molecule has 332 valence electrons. The Morgan fingerprint density at radius 3 is 1.73 bits per heavy atom. The van der Waals surface area contributed by atoms with Gasteiger partial charge < -0.3 is 9.38 Å². The number of rotatable bonds is 1. The minimum absolute atomic E-state index is 0.00455. The largest absolute Gasteiger partial charge is 0.376 e. The van der Waals surface area contributed by atoms with Gasteiger partial charge in [-0.25, -0.2) is 0 Å². The maximum atomic E-state index is 2.79. The maximum absolute atomic E-state index is 2.79. The van der Waals surface area contributed by atoms with Crippen molar-refractivity contribution in [3.05, 3.63) is 160 Å². The average Bonchev–Trinajstić information content (AvgIpc) is 3.96. The fraction of sp³-hybridized carbons (Fsp3) is 0.290. The lowest BCUT2D eigenvalue weighted by Crippen LogP contribution is -2.59. The van der Waals surface area contributed by atoms with Gasteiger partial charge in [0, 0.05) is 73.6 Å². The summed E-state index contributed by atoms with van der Waals surface area (Å²) in [5.74, 6) is 0. The second kappa shape index (κ2) is 13.1. The minimum atomic E-state index is -0.206. The molecule has 0 atom stereocenters. The van der Waals surface area contributed by atoms with Gasteiger partial charge in [0.05, 0.1) is 16.7 Å². The Bertz CT molecular complexity index is 3810. The number of fused-ring (bicyclic) bond motifs is 17. The zero-order valence-corrected chi connectivity index (χ0v) is 43.0. The fourth-order valence-electron chi connectivity index (χ4n) is 12.5. The number of aromatic nitrogens is 1. The third kappa shape index (κ3) is 5.45. The lowest BCUT2D eigenvalue weighted by Gasteiger charge is -2.47. The molecule has 0 fully saturated rings. The lowest BCUT2D eigenvalue weighted by atomic mass is 9.46. The van der Waals surface area contributed by atoms with Crippen molar-refractivity contribution in [2.24, 2.45) is 0 Å². The molecule has 3 aliphatic rings. The molecule has 2 nitrogen and oxygen atoms in total.